The minimum atomic E-state index is -0.427. The van der Waals surface area contributed by atoms with E-state index < -0.39 is 5.82 Å². The Kier molecular flexibility index (Phi) is 1.85. The highest BCUT2D eigenvalue weighted by atomic mass is 32.1. The smallest absolute Gasteiger partial charge is 0.159 e. The van der Waals surface area contributed by atoms with Crippen molar-refractivity contribution in [1.29, 1.82) is 0 Å². The molecular formula is C7H8FNS. The van der Waals surface area contributed by atoms with Gasteiger partial charge in [-0.1, -0.05) is 6.07 Å². The number of anilines is 1. The maximum atomic E-state index is 12.8. The van der Waals surface area contributed by atoms with Crippen molar-refractivity contribution in [3.63, 3.8) is 0 Å². The van der Waals surface area contributed by atoms with Crippen LogP contribution in [-0.4, -0.2) is 0 Å². The molecule has 1 aromatic rings. The Hall–Kier alpha value is -0.700. The molecule has 0 fully saturated rings. The van der Waals surface area contributed by atoms with Crippen LogP contribution in [0.2, 0.25) is 0 Å². The number of nitrogen functional groups attached to an aromatic ring is 1. The molecule has 1 nitrogen and oxygen atoms in total. The molecule has 10 heavy (non-hydrogen) atoms. The summed E-state index contributed by atoms with van der Waals surface area (Å²) in [5.74, 6) is -0.427. The summed E-state index contributed by atoms with van der Waals surface area (Å²) < 4.78 is 12.8. The van der Waals surface area contributed by atoms with Crippen LogP contribution in [0.25, 0.3) is 0 Å². The van der Waals surface area contributed by atoms with Crippen molar-refractivity contribution >= 4 is 18.3 Å². The number of hydrogen-bond donors (Lipinski definition) is 2. The second-order valence-corrected chi connectivity index (χ2v) is 2.61. The molecule has 0 radical (unpaired) electrons. The van der Waals surface area contributed by atoms with Gasteiger partial charge in [0.1, 0.15) is 0 Å². The van der Waals surface area contributed by atoms with Gasteiger partial charge in [0.25, 0.3) is 0 Å². The summed E-state index contributed by atoms with van der Waals surface area (Å²) in [5.41, 5.74) is 6.29. The summed E-state index contributed by atoms with van der Waals surface area (Å²) in [6.07, 6.45) is 0. The second kappa shape index (κ2) is 2.50. The molecule has 0 amide bonds. The van der Waals surface area contributed by atoms with E-state index >= 15 is 0 Å². The van der Waals surface area contributed by atoms with E-state index in [4.69, 9.17) is 5.73 Å². The predicted molar refractivity (Wildman–Crippen MR) is 42.8 cm³/mol. The van der Waals surface area contributed by atoms with Crippen LogP contribution in [0.1, 0.15) is 5.56 Å². The number of thiol groups is 1. The summed E-state index contributed by atoms with van der Waals surface area (Å²) in [5, 5.41) is 0. The first-order chi connectivity index (χ1) is 4.63. The first kappa shape index (κ1) is 7.41. The lowest BCUT2D eigenvalue weighted by Gasteiger charge is -2.01. The molecule has 0 heterocycles. The van der Waals surface area contributed by atoms with Gasteiger partial charge in [0.2, 0.25) is 0 Å². The molecule has 0 aliphatic heterocycles. The van der Waals surface area contributed by atoms with E-state index in [1.54, 1.807) is 19.1 Å². The Morgan fingerprint density at radius 2 is 2.10 bits per heavy atom. The Morgan fingerprint density at radius 1 is 1.50 bits per heavy atom. The van der Waals surface area contributed by atoms with Crippen LogP contribution in [0.3, 0.4) is 0 Å². The number of halogens is 1. The third kappa shape index (κ3) is 1.09. The van der Waals surface area contributed by atoms with Gasteiger partial charge in [0.15, 0.2) is 5.82 Å². The zero-order chi connectivity index (χ0) is 7.72. The number of benzene rings is 1. The van der Waals surface area contributed by atoms with Gasteiger partial charge in [-0.15, -0.1) is 12.6 Å². The Morgan fingerprint density at radius 3 is 2.60 bits per heavy atom. The molecule has 0 bridgehead atoms. The van der Waals surface area contributed by atoms with Crippen molar-refractivity contribution in [2.75, 3.05) is 5.73 Å². The van der Waals surface area contributed by atoms with Gasteiger partial charge in [-0.3, -0.25) is 0 Å². The monoisotopic (exact) mass is 157 g/mol. The molecule has 0 saturated heterocycles. The van der Waals surface area contributed by atoms with E-state index in [9.17, 15) is 4.39 Å². The van der Waals surface area contributed by atoms with Gasteiger partial charge in [-0.05, 0) is 18.6 Å². The minimum absolute atomic E-state index is 0.188. The topological polar surface area (TPSA) is 26.0 Å². The number of hydrogen-bond acceptors (Lipinski definition) is 2. The summed E-state index contributed by atoms with van der Waals surface area (Å²) in [6.45, 7) is 1.76. The highest BCUT2D eigenvalue weighted by Crippen LogP contribution is 2.21. The molecular weight excluding hydrogens is 149 g/mol. The van der Waals surface area contributed by atoms with Gasteiger partial charge in [-0.25, -0.2) is 4.39 Å². The van der Waals surface area contributed by atoms with Crippen LogP contribution in [0.4, 0.5) is 10.1 Å². The third-order valence-corrected chi connectivity index (χ3v) is 1.72. The fourth-order valence-electron chi connectivity index (χ4n) is 0.678. The Balaban J connectivity index is 3.34. The second-order valence-electron chi connectivity index (χ2n) is 2.13. The lowest BCUT2D eigenvalue weighted by Crippen LogP contribution is -1.94. The highest BCUT2D eigenvalue weighted by Gasteiger charge is 2.03. The van der Waals surface area contributed by atoms with Gasteiger partial charge >= 0.3 is 0 Å². The van der Waals surface area contributed by atoms with Crippen LogP contribution < -0.4 is 5.73 Å². The molecule has 0 spiro atoms. The molecule has 0 aromatic heterocycles. The van der Waals surface area contributed by atoms with Crippen molar-refractivity contribution < 1.29 is 4.39 Å². The van der Waals surface area contributed by atoms with Crippen molar-refractivity contribution in [3.05, 3.63) is 23.5 Å². The van der Waals surface area contributed by atoms with Crippen LogP contribution in [0.5, 0.6) is 0 Å². The molecule has 1 rings (SSSR count). The van der Waals surface area contributed by atoms with E-state index in [1.807, 2.05) is 0 Å². The van der Waals surface area contributed by atoms with Gasteiger partial charge < -0.3 is 5.73 Å². The van der Waals surface area contributed by atoms with E-state index in [0.717, 1.165) is 5.56 Å². The van der Waals surface area contributed by atoms with Crippen LogP contribution in [-0.2, 0) is 0 Å². The first-order valence-corrected chi connectivity index (χ1v) is 3.31. The SMILES string of the molecule is Cc1ccc(S)c(F)c1N. The van der Waals surface area contributed by atoms with Gasteiger partial charge in [0.05, 0.1) is 5.69 Å². The van der Waals surface area contributed by atoms with Gasteiger partial charge in [-0.2, -0.15) is 0 Å². The van der Waals surface area contributed by atoms with E-state index in [0.29, 0.717) is 4.90 Å². The summed E-state index contributed by atoms with van der Waals surface area (Å²) in [7, 11) is 0. The molecule has 3 heteroatoms. The standard InChI is InChI=1S/C7H8FNS/c1-4-2-3-5(10)6(8)7(4)9/h2-3,10H,9H2,1H3. The molecule has 0 aliphatic carbocycles. The maximum Gasteiger partial charge on any atom is 0.159 e. The predicted octanol–water partition coefficient (Wildman–Crippen LogP) is 2.01. The number of nitrogens with two attached hydrogens (primary N) is 1. The van der Waals surface area contributed by atoms with Crippen LogP contribution in [0, 0.1) is 12.7 Å². The summed E-state index contributed by atoms with van der Waals surface area (Å²) >= 11 is 3.86. The molecule has 0 atom stereocenters. The number of aryl methyl sites for hydroxylation is 1. The lowest BCUT2D eigenvalue weighted by atomic mass is 10.2. The Labute approximate surface area is 64.5 Å². The van der Waals surface area contributed by atoms with Crippen molar-refractivity contribution in [2.45, 2.75) is 11.8 Å². The normalized spacial score (nSPS) is 9.90. The summed E-state index contributed by atoms with van der Waals surface area (Å²) in [4.78, 5) is 0.295. The minimum Gasteiger partial charge on any atom is -0.396 e. The molecule has 0 unspecified atom stereocenters. The highest BCUT2D eigenvalue weighted by molar-refractivity contribution is 7.80. The van der Waals surface area contributed by atoms with E-state index in [1.165, 1.54) is 0 Å². The fraction of sp³-hybridized carbons (Fsp3) is 0.143. The molecule has 0 saturated carbocycles. The fourth-order valence-corrected chi connectivity index (χ4v) is 0.873. The summed E-state index contributed by atoms with van der Waals surface area (Å²) in [6, 6.07) is 3.32. The number of rotatable bonds is 0. The van der Waals surface area contributed by atoms with Crippen LogP contribution >= 0.6 is 12.6 Å². The molecule has 0 aliphatic rings. The Bertz CT molecular complexity index is 233. The zero-order valence-corrected chi connectivity index (χ0v) is 6.45. The van der Waals surface area contributed by atoms with Crippen molar-refractivity contribution in [2.24, 2.45) is 0 Å². The average Bonchev–Trinajstić information content (AvgIpc) is 1.93. The maximum absolute atomic E-state index is 12.8. The average molecular weight is 157 g/mol. The third-order valence-electron chi connectivity index (χ3n) is 1.38. The largest absolute Gasteiger partial charge is 0.396 e. The molecule has 1 aromatic carbocycles. The van der Waals surface area contributed by atoms with Gasteiger partial charge in [0, 0.05) is 4.90 Å². The van der Waals surface area contributed by atoms with Crippen molar-refractivity contribution in [3.8, 4) is 0 Å². The van der Waals surface area contributed by atoms with E-state index in [-0.39, 0.29) is 5.69 Å². The van der Waals surface area contributed by atoms with E-state index in [2.05, 4.69) is 12.6 Å². The molecule has 2 N–H and O–H groups in total. The van der Waals surface area contributed by atoms with Crippen LogP contribution in [0.15, 0.2) is 17.0 Å². The first-order valence-electron chi connectivity index (χ1n) is 2.86. The lowest BCUT2D eigenvalue weighted by molar-refractivity contribution is 0.606. The van der Waals surface area contributed by atoms with Crippen molar-refractivity contribution in [1.82, 2.24) is 0 Å². The molecule has 54 valence electrons. The quantitative estimate of drug-likeness (QED) is 0.437. The zero-order valence-electron chi connectivity index (χ0n) is 5.56.